The van der Waals surface area contributed by atoms with Gasteiger partial charge in [-0.15, -0.1) is 0 Å². The maximum absolute atomic E-state index is 6.53. The van der Waals surface area contributed by atoms with Gasteiger partial charge in [-0.3, -0.25) is 0 Å². The van der Waals surface area contributed by atoms with Gasteiger partial charge in [-0.1, -0.05) is 64.8 Å². The minimum absolute atomic E-state index is 0.182. The van der Waals surface area contributed by atoms with Gasteiger partial charge in [-0.05, 0) is 55.6 Å². The fraction of sp³-hybridized carbons (Fsp3) is 0.714. The first-order valence-electron chi connectivity index (χ1n) is 9.00. The number of benzene rings is 1. The Balaban J connectivity index is 2.30. The molecule has 1 aliphatic carbocycles. The predicted molar refractivity (Wildman–Crippen MR) is 95.3 cm³/mol. The Morgan fingerprint density at radius 1 is 1.00 bits per heavy atom. The van der Waals surface area contributed by atoms with Gasteiger partial charge in [0.05, 0.1) is 11.7 Å². The highest BCUT2D eigenvalue weighted by Crippen LogP contribution is 2.40. The highest BCUT2D eigenvalue weighted by molar-refractivity contribution is 5.37. The third-order valence-corrected chi connectivity index (χ3v) is 4.99. The Labute approximate surface area is 137 Å². The monoisotopic (exact) mass is 302 g/mol. The van der Waals surface area contributed by atoms with Crippen LogP contribution in [0.1, 0.15) is 84.8 Å². The second-order valence-electron chi connectivity index (χ2n) is 8.56. The summed E-state index contributed by atoms with van der Waals surface area (Å²) in [6.07, 6.45) is 6.73. The maximum atomic E-state index is 6.53. The second kappa shape index (κ2) is 6.74. The van der Waals surface area contributed by atoms with Crippen LogP contribution in [0.15, 0.2) is 24.3 Å². The first-order valence-corrected chi connectivity index (χ1v) is 9.00. The molecule has 0 radical (unpaired) electrons. The Morgan fingerprint density at radius 3 is 2.09 bits per heavy atom. The van der Waals surface area contributed by atoms with E-state index in [1.807, 2.05) is 0 Å². The van der Waals surface area contributed by atoms with Crippen LogP contribution < -0.4 is 0 Å². The third-order valence-electron chi connectivity index (χ3n) is 4.99. The minimum Gasteiger partial charge on any atom is -0.368 e. The van der Waals surface area contributed by atoms with Crippen LogP contribution in [0.3, 0.4) is 0 Å². The van der Waals surface area contributed by atoms with E-state index in [4.69, 9.17) is 4.74 Å². The molecule has 124 valence electrons. The zero-order valence-corrected chi connectivity index (χ0v) is 15.4. The van der Waals surface area contributed by atoms with Crippen LogP contribution in [-0.4, -0.2) is 6.10 Å². The Morgan fingerprint density at radius 2 is 1.55 bits per heavy atom. The number of rotatable bonds is 6. The van der Waals surface area contributed by atoms with Gasteiger partial charge >= 0.3 is 0 Å². The van der Waals surface area contributed by atoms with Gasteiger partial charge < -0.3 is 4.74 Å². The number of ether oxygens (including phenoxy) is 1. The van der Waals surface area contributed by atoms with E-state index in [-0.39, 0.29) is 11.0 Å². The van der Waals surface area contributed by atoms with E-state index >= 15 is 0 Å². The summed E-state index contributed by atoms with van der Waals surface area (Å²) in [5.41, 5.74) is 2.79. The fourth-order valence-corrected chi connectivity index (χ4v) is 4.22. The van der Waals surface area contributed by atoms with Crippen molar-refractivity contribution in [2.24, 2.45) is 5.92 Å². The molecule has 0 N–H and O–H groups in total. The molecule has 1 heteroatoms. The largest absolute Gasteiger partial charge is 0.368 e. The van der Waals surface area contributed by atoms with Crippen molar-refractivity contribution < 1.29 is 4.74 Å². The molecule has 0 atom stereocenters. The summed E-state index contributed by atoms with van der Waals surface area (Å²) in [6.45, 7) is 13.9. The summed E-state index contributed by atoms with van der Waals surface area (Å²) in [5.74, 6) is 0.696. The van der Waals surface area contributed by atoms with Gasteiger partial charge in [0.25, 0.3) is 0 Å². The summed E-state index contributed by atoms with van der Waals surface area (Å²) in [7, 11) is 0. The van der Waals surface area contributed by atoms with E-state index in [0.717, 1.165) is 0 Å². The van der Waals surface area contributed by atoms with E-state index in [1.54, 1.807) is 0 Å². The van der Waals surface area contributed by atoms with Crippen LogP contribution in [-0.2, 0) is 15.8 Å². The first kappa shape index (κ1) is 17.5. The van der Waals surface area contributed by atoms with E-state index in [2.05, 4.69) is 65.8 Å². The first-order chi connectivity index (χ1) is 10.2. The molecule has 1 nitrogen and oxygen atoms in total. The number of hydrogen-bond donors (Lipinski definition) is 0. The van der Waals surface area contributed by atoms with Gasteiger partial charge in [0.1, 0.15) is 0 Å². The minimum atomic E-state index is -0.208. The summed E-state index contributed by atoms with van der Waals surface area (Å²) in [6, 6.07) is 8.90. The molecule has 1 fully saturated rings. The highest BCUT2D eigenvalue weighted by Gasteiger charge is 2.33. The SMILES string of the molecule is CC(C)CC(C)(C)c1ccccc1C(C)(C)OC1CCCC1. The van der Waals surface area contributed by atoms with Gasteiger partial charge in [0.2, 0.25) is 0 Å². The van der Waals surface area contributed by atoms with Crippen molar-refractivity contribution in [3.05, 3.63) is 35.4 Å². The molecule has 0 aliphatic heterocycles. The zero-order valence-electron chi connectivity index (χ0n) is 15.4. The van der Waals surface area contributed by atoms with Crippen LogP contribution in [0.4, 0.5) is 0 Å². The molecule has 1 aliphatic rings. The van der Waals surface area contributed by atoms with Crippen molar-refractivity contribution in [3.63, 3.8) is 0 Å². The quantitative estimate of drug-likeness (QED) is 0.607. The molecule has 0 unspecified atom stereocenters. The molecule has 1 aromatic rings. The Hall–Kier alpha value is -0.820. The van der Waals surface area contributed by atoms with E-state index < -0.39 is 0 Å². The summed E-state index contributed by atoms with van der Waals surface area (Å²) in [4.78, 5) is 0. The van der Waals surface area contributed by atoms with Gasteiger partial charge in [0, 0.05) is 0 Å². The molecular formula is C21H34O. The average Bonchev–Trinajstić information content (AvgIpc) is 2.89. The zero-order chi connectivity index (χ0) is 16.4. The number of hydrogen-bond acceptors (Lipinski definition) is 1. The predicted octanol–water partition coefficient (Wildman–Crippen LogP) is 6.20. The topological polar surface area (TPSA) is 9.23 Å². The van der Waals surface area contributed by atoms with Crippen LogP contribution in [0.5, 0.6) is 0 Å². The van der Waals surface area contributed by atoms with Crippen molar-refractivity contribution in [3.8, 4) is 0 Å². The molecular weight excluding hydrogens is 268 g/mol. The Bertz CT molecular complexity index is 478. The highest BCUT2D eigenvalue weighted by atomic mass is 16.5. The molecule has 2 rings (SSSR count). The van der Waals surface area contributed by atoms with Crippen LogP contribution in [0, 0.1) is 5.92 Å². The standard InChI is InChI=1S/C21H34O/c1-16(2)15-20(3,4)18-13-9-10-14-19(18)21(5,6)22-17-11-7-8-12-17/h9-10,13-14,16-17H,7-8,11-12,15H2,1-6H3. The Kier molecular flexibility index (Phi) is 5.37. The molecule has 0 aromatic heterocycles. The van der Waals surface area contributed by atoms with E-state index in [9.17, 15) is 0 Å². The van der Waals surface area contributed by atoms with Crippen LogP contribution in [0.25, 0.3) is 0 Å². The summed E-state index contributed by atoms with van der Waals surface area (Å²) in [5, 5.41) is 0. The second-order valence-corrected chi connectivity index (χ2v) is 8.56. The normalized spacial score (nSPS) is 17.4. The average molecular weight is 303 g/mol. The third kappa shape index (κ3) is 4.13. The lowest BCUT2D eigenvalue weighted by Gasteiger charge is -2.37. The van der Waals surface area contributed by atoms with Crippen molar-refractivity contribution in [2.45, 2.75) is 90.8 Å². The fourth-order valence-electron chi connectivity index (χ4n) is 4.22. The van der Waals surface area contributed by atoms with Crippen LogP contribution in [0.2, 0.25) is 0 Å². The molecule has 0 amide bonds. The van der Waals surface area contributed by atoms with E-state index in [1.165, 1.54) is 43.2 Å². The lowest BCUT2D eigenvalue weighted by Crippen LogP contribution is -2.32. The molecule has 0 spiro atoms. The smallest absolute Gasteiger partial charge is 0.0881 e. The molecule has 1 aromatic carbocycles. The molecule has 22 heavy (non-hydrogen) atoms. The van der Waals surface area contributed by atoms with Crippen molar-refractivity contribution >= 4 is 0 Å². The lowest BCUT2D eigenvalue weighted by molar-refractivity contribution is -0.0736. The van der Waals surface area contributed by atoms with Crippen molar-refractivity contribution in [1.29, 1.82) is 0 Å². The van der Waals surface area contributed by atoms with Crippen LogP contribution >= 0.6 is 0 Å². The van der Waals surface area contributed by atoms with Gasteiger partial charge in [0.15, 0.2) is 0 Å². The lowest BCUT2D eigenvalue weighted by atomic mass is 9.73. The summed E-state index contributed by atoms with van der Waals surface area (Å²) >= 11 is 0. The maximum Gasteiger partial charge on any atom is 0.0881 e. The van der Waals surface area contributed by atoms with Gasteiger partial charge in [-0.2, -0.15) is 0 Å². The van der Waals surface area contributed by atoms with Gasteiger partial charge in [-0.25, -0.2) is 0 Å². The van der Waals surface area contributed by atoms with E-state index in [0.29, 0.717) is 12.0 Å². The van der Waals surface area contributed by atoms with Crippen molar-refractivity contribution in [1.82, 2.24) is 0 Å². The molecule has 0 saturated heterocycles. The summed E-state index contributed by atoms with van der Waals surface area (Å²) < 4.78 is 6.53. The van der Waals surface area contributed by atoms with Crippen molar-refractivity contribution in [2.75, 3.05) is 0 Å². The molecule has 1 saturated carbocycles. The molecule has 0 bridgehead atoms. The molecule has 0 heterocycles.